The van der Waals surface area contributed by atoms with Crippen LogP contribution in [0.25, 0.3) is 0 Å². The summed E-state index contributed by atoms with van der Waals surface area (Å²) in [6.07, 6.45) is 21.3. The second-order valence-electron chi connectivity index (χ2n) is 8.02. The Balaban J connectivity index is 1.86. The van der Waals surface area contributed by atoms with Crippen LogP contribution in [0.2, 0.25) is 0 Å². The molecule has 0 bridgehead atoms. The first kappa shape index (κ1) is 23.5. The van der Waals surface area contributed by atoms with Gasteiger partial charge in [0.05, 0.1) is 25.2 Å². The molecule has 0 aromatic rings. The van der Waals surface area contributed by atoms with Crippen molar-refractivity contribution >= 4 is 5.97 Å². The zero-order chi connectivity index (χ0) is 18.9. The molecule has 0 N–H and O–H groups in total. The van der Waals surface area contributed by atoms with E-state index in [-0.39, 0.29) is 11.9 Å². The van der Waals surface area contributed by atoms with Crippen molar-refractivity contribution in [2.45, 2.75) is 123 Å². The van der Waals surface area contributed by atoms with Crippen LogP contribution in [0.4, 0.5) is 0 Å². The van der Waals surface area contributed by atoms with E-state index in [1.165, 1.54) is 83.5 Å². The van der Waals surface area contributed by atoms with Crippen LogP contribution in [0.1, 0.15) is 117 Å². The molecule has 0 spiro atoms. The summed E-state index contributed by atoms with van der Waals surface area (Å²) in [5, 5.41) is 0. The lowest BCUT2D eigenvalue weighted by atomic mass is 9.95. The van der Waals surface area contributed by atoms with Gasteiger partial charge >= 0.3 is 5.97 Å². The van der Waals surface area contributed by atoms with Crippen molar-refractivity contribution in [3.63, 3.8) is 0 Å². The summed E-state index contributed by atoms with van der Waals surface area (Å²) >= 11 is 0. The lowest BCUT2D eigenvalue weighted by molar-refractivity contribution is -0.148. The molecule has 0 aliphatic carbocycles. The van der Waals surface area contributed by atoms with Gasteiger partial charge in [-0.15, -0.1) is 0 Å². The Morgan fingerprint density at radius 2 is 1.31 bits per heavy atom. The lowest BCUT2D eigenvalue weighted by Gasteiger charge is -2.14. The molecule has 0 aromatic carbocycles. The molecule has 0 amide bonds. The summed E-state index contributed by atoms with van der Waals surface area (Å²) in [6.45, 7) is 5.48. The van der Waals surface area contributed by atoms with Crippen molar-refractivity contribution in [1.29, 1.82) is 0 Å². The average molecular weight is 369 g/mol. The highest BCUT2D eigenvalue weighted by Gasteiger charge is 2.30. The number of ether oxygens (including phenoxy) is 2. The third kappa shape index (κ3) is 13.6. The van der Waals surface area contributed by atoms with Gasteiger partial charge in [0.1, 0.15) is 0 Å². The number of rotatable bonds is 19. The maximum absolute atomic E-state index is 12.0. The van der Waals surface area contributed by atoms with Crippen molar-refractivity contribution in [1.82, 2.24) is 0 Å². The predicted octanol–water partition coefficient (Wildman–Crippen LogP) is 6.83. The SMILES string of the molecule is CCCCCCCCCCCCCCCCC(CC1CO1)C(=O)OCC. The molecule has 1 aliphatic rings. The third-order valence-corrected chi connectivity index (χ3v) is 5.48. The van der Waals surface area contributed by atoms with E-state index in [4.69, 9.17) is 9.47 Å². The molecular weight excluding hydrogens is 324 g/mol. The third-order valence-electron chi connectivity index (χ3n) is 5.48. The molecule has 0 aromatic heterocycles. The highest BCUT2D eigenvalue weighted by molar-refractivity contribution is 5.72. The minimum atomic E-state index is -0.0160. The molecule has 1 heterocycles. The van der Waals surface area contributed by atoms with Crippen molar-refractivity contribution < 1.29 is 14.3 Å². The normalized spacial score (nSPS) is 17.2. The monoisotopic (exact) mass is 368 g/mol. The van der Waals surface area contributed by atoms with E-state index >= 15 is 0 Å². The van der Waals surface area contributed by atoms with Gasteiger partial charge in [-0.3, -0.25) is 4.79 Å². The molecule has 154 valence electrons. The summed E-state index contributed by atoms with van der Waals surface area (Å²) in [6, 6.07) is 0. The number of esters is 1. The van der Waals surface area contributed by atoms with Crippen LogP contribution < -0.4 is 0 Å². The van der Waals surface area contributed by atoms with Gasteiger partial charge in [-0.05, 0) is 19.8 Å². The Labute approximate surface area is 162 Å². The Hall–Kier alpha value is -0.570. The van der Waals surface area contributed by atoms with Crippen molar-refractivity contribution in [3.05, 3.63) is 0 Å². The fourth-order valence-electron chi connectivity index (χ4n) is 3.70. The van der Waals surface area contributed by atoms with Gasteiger partial charge in [0.2, 0.25) is 0 Å². The molecule has 1 rings (SSSR count). The fourth-order valence-corrected chi connectivity index (χ4v) is 3.70. The number of carbonyl (C=O) groups is 1. The molecule has 2 unspecified atom stereocenters. The van der Waals surface area contributed by atoms with Crippen LogP contribution in [0.3, 0.4) is 0 Å². The zero-order valence-electron chi connectivity index (χ0n) is 17.6. The Kier molecular flexibility index (Phi) is 15.0. The summed E-state index contributed by atoms with van der Waals surface area (Å²) in [5.74, 6) is 0.0393. The maximum atomic E-state index is 12.0. The van der Waals surface area contributed by atoms with Crippen LogP contribution in [0.5, 0.6) is 0 Å². The fraction of sp³-hybridized carbons (Fsp3) is 0.957. The van der Waals surface area contributed by atoms with E-state index < -0.39 is 0 Å². The molecule has 0 radical (unpaired) electrons. The minimum absolute atomic E-state index is 0.0160. The van der Waals surface area contributed by atoms with Gasteiger partial charge in [-0.25, -0.2) is 0 Å². The van der Waals surface area contributed by atoms with E-state index in [9.17, 15) is 4.79 Å². The van der Waals surface area contributed by atoms with Gasteiger partial charge in [0, 0.05) is 0 Å². The molecule has 3 heteroatoms. The summed E-state index contributed by atoms with van der Waals surface area (Å²) < 4.78 is 10.5. The first-order valence-corrected chi connectivity index (χ1v) is 11.6. The van der Waals surface area contributed by atoms with E-state index in [0.717, 1.165) is 25.9 Å². The number of hydrogen-bond donors (Lipinski definition) is 0. The summed E-state index contributed by atoms with van der Waals surface area (Å²) in [4.78, 5) is 12.0. The van der Waals surface area contributed by atoms with Gasteiger partial charge in [-0.2, -0.15) is 0 Å². The highest BCUT2D eigenvalue weighted by atomic mass is 16.6. The predicted molar refractivity (Wildman–Crippen MR) is 109 cm³/mol. The number of hydrogen-bond acceptors (Lipinski definition) is 3. The quantitative estimate of drug-likeness (QED) is 0.142. The van der Waals surface area contributed by atoms with Crippen LogP contribution in [0.15, 0.2) is 0 Å². The zero-order valence-corrected chi connectivity index (χ0v) is 17.6. The maximum Gasteiger partial charge on any atom is 0.309 e. The van der Waals surface area contributed by atoms with Crippen molar-refractivity contribution in [2.75, 3.05) is 13.2 Å². The minimum Gasteiger partial charge on any atom is -0.466 e. The van der Waals surface area contributed by atoms with E-state index in [1.54, 1.807) is 0 Å². The molecule has 2 atom stereocenters. The summed E-state index contributed by atoms with van der Waals surface area (Å²) in [5.41, 5.74) is 0. The Morgan fingerprint density at radius 1 is 0.846 bits per heavy atom. The molecule has 1 saturated heterocycles. The standard InChI is InChI=1S/C23H44O3/c1-3-5-6-7-8-9-10-11-12-13-14-15-16-17-18-21(19-22-20-26-22)23(24)25-4-2/h21-22H,3-20H2,1-2H3. The molecule has 3 nitrogen and oxygen atoms in total. The summed E-state index contributed by atoms with van der Waals surface area (Å²) in [7, 11) is 0. The number of epoxide rings is 1. The lowest BCUT2D eigenvalue weighted by Crippen LogP contribution is -2.19. The number of carbonyl (C=O) groups excluding carboxylic acids is 1. The van der Waals surface area contributed by atoms with Crippen LogP contribution >= 0.6 is 0 Å². The van der Waals surface area contributed by atoms with Crippen LogP contribution in [-0.2, 0) is 14.3 Å². The topological polar surface area (TPSA) is 38.8 Å². The van der Waals surface area contributed by atoms with Crippen LogP contribution in [-0.4, -0.2) is 25.3 Å². The van der Waals surface area contributed by atoms with Crippen LogP contribution in [0, 0.1) is 5.92 Å². The largest absolute Gasteiger partial charge is 0.466 e. The molecule has 1 fully saturated rings. The van der Waals surface area contributed by atoms with Gasteiger partial charge in [-0.1, -0.05) is 96.8 Å². The Morgan fingerprint density at radius 3 is 1.73 bits per heavy atom. The molecule has 1 aliphatic heterocycles. The highest BCUT2D eigenvalue weighted by Crippen LogP contribution is 2.25. The van der Waals surface area contributed by atoms with Crippen molar-refractivity contribution in [3.8, 4) is 0 Å². The second kappa shape index (κ2) is 16.6. The van der Waals surface area contributed by atoms with E-state index in [1.807, 2.05) is 6.92 Å². The van der Waals surface area contributed by atoms with E-state index in [2.05, 4.69) is 6.92 Å². The average Bonchev–Trinajstić information content (AvgIpc) is 3.45. The van der Waals surface area contributed by atoms with Gasteiger partial charge < -0.3 is 9.47 Å². The first-order chi connectivity index (χ1) is 12.8. The molecule has 26 heavy (non-hydrogen) atoms. The second-order valence-corrected chi connectivity index (χ2v) is 8.02. The smallest absolute Gasteiger partial charge is 0.309 e. The van der Waals surface area contributed by atoms with E-state index in [0.29, 0.717) is 12.7 Å². The number of unbranched alkanes of at least 4 members (excludes halogenated alkanes) is 13. The van der Waals surface area contributed by atoms with Crippen molar-refractivity contribution in [2.24, 2.45) is 5.92 Å². The molecular formula is C23H44O3. The van der Waals surface area contributed by atoms with Gasteiger partial charge in [0.15, 0.2) is 0 Å². The first-order valence-electron chi connectivity index (χ1n) is 11.6. The van der Waals surface area contributed by atoms with Gasteiger partial charge in [0.25, 0.3) is 0 Å². The molecule has 0 saturated carbocycles. The Bertz CT molecular complexity index is 325.